The molecule has 1 aromatic carbocycles. The van der Waals surface area contributed by atoms with E-state index in [4.69, 9.17) is 17.2 Å². The average Bonchev–Trinajstić information content (AvgIpc) is 3.34. The third-order valence-electron chi connectivity index (χ3n) is 5.30. The van der Waals surface area contributed by atoms with Crippen molar-refractivity contribution in [1.82, 2.24) is 15.5 Å². The van der Waals surface area contributed by atoms with Crippen molar-refractivity contribution < 1.29 is 14.4 Å². The quantitative estimate of drug-likeness (QED) is 0.147. The van der Waals surface area contributed by atoms with E-state index in [-0.39, 0.29) is 12.8 Å². The van der Waals surface area contributed by atoms with Crippen LogP contribution in [-0.4, -0.2) is 67.3 Å². The third-order valence-corrected chi connectivity index (χ3v) is 6.20. The Morgan fingerprint density at radius 2 is 1.66 bits per heavy atom. The highest BCUT2D eigenvalue weighted by Crippen LogP contribution is 2.12. The molecule has 2 aromatic rings. The molecule has 0 bridgehead atoms. The molecule has 3 amide bonds. The molecule has 3 atom stereocenters. The van der Waals surface area contributed by atoms with Crippen molar-refractivity contribution in [3.8, 4) is 0 Å². The van der Waals surface area contributed by atoms with Gasteiger partial charge >= 0.3 is 0 Å². The maximum Gasteiger partial charge on any atom is 0.243 e. The van der Waals surface area contributed by atoms with Crippen LogP contribution in [0.15, 0.2) is 52.8 Å². The van der Waals surface area contributed by atoms with Crippen LogP contribution in [-0.2, 0) is 27.2 Å². The van der Waals surface area contributed by atoms with Crippen LogP contribution < -0.4 is 27.8 Å². The second-order valence-electron chi connectivity index (χ2n) is 8.38. The number of rotatable bonds is 13. The van der Waals surface area contributed by atoms with Gasteiger partial charge in [-0.3, -0.25) is 19.4 Å². The number of carbonyl (C=O) groups excluding carboxylic acids is 3. The zero-order chi connectivity index (χ0) is 25.8. The number of hydrogen-bond acceptors (Lipinski definition) is 6. The number of guanidine groups is 1. The lowest BCUT2D eigenvalue weighted by molar-refractivity contribution is -0.131. The van der Waals surface area contributed by atoms with E-state index in [0.717, 1.165) is 10.4 Å². The second kappa shape index (κ2) is 14.1. The van der Waals surface area contributed by atoms with Gasteiger partial charge in [-0.15, -0.1) is 11.3 Å². The van der Waals surface area contributed by atoms with Crippen molar-refractivity contribution in [2.75, 3.05) is 20.6 Å². The van der Waals surface area contributed by atoms with E-state index in [1.54, 1.807) is 19.0 Å². The summed E-state index contributed by atoms with van der Waals surface area (Å²) >= 11 is 1.47. The van der Waals surface area contributed by atoms with Crippen LogP contribution in [0.2, 0.25) is 0 Å². The van der Waals surface area contributed by atoms with Gasteiger partial charge in [0.25, 0.3) is 0 Å². The number of nitrogens with one attached hydrogen (secondary N) is 2. The number of amides is 3. The van der Waals surface area contributed by atoms with E-state index in [1.807, 2.05) is 47.8 Å². The SMILES string of the molecule is CN(C)C(N)=NCCC[C@H](N)C(=O)N[C@@H](Cc1cccs1)C(=O)N[C@@H](Cc1ccccc1)C(N)=O. The van der Waals surface area contributed by atoms with Gasteiger partial charge in [0.2, 0.25) is 17.7 Å². The highest BCUT2D eigenvalue weighted by molar-refractivity contribution is 7.09. The van der Waals surface area contributed by atoms with Gasteiger partial charge < -0.3 is 32.7 Å². The second-order valence-corrected chi connectivity index (χ2v) is 9.41. The van der Waals surface area contributed by atoms with Crippen LogP contribution in [0.3, 0.4) is 0 Å². The number of thiophene rings is 1. The molecule has 0 saturated carbocycles. The van der Waals surface area contributed by atoms with Crippen molar-refractivity contribution in [2.24, 2.45) is 22.2 Å². The average molecular weight is 502 g/mol. The zero-order valence-corrected chi connectivity index (χ0v) is 21.0. The van der Waals surface area contributed by atoms with E-state index in [9.17, 15) is 14.4 Å². The van der Waals surface area contributed by atoms with E-state index in [1.165, 1.54) is 11.3 Å². The molecule has 1 heterocycles. The maximum absolute atomic E-state index is 13.1. The predicted molar refractivity (Wildman–Crippen MR) is 139 cm³/mol. The lowest BCUT2D eigenvalue weighted by Crippen LogP contribution is -2.56. The first-order valence-electron chi connectivity index (χ1n) is 11.4. The van der Waals surface area contributed by atoms with Crippen LogP contribution in [0.1, 0.15) is 23.3 Å². The zero-order valence-electron chi connectivity index (χ0n) is 20.1. The minimum Gasteiger partial charge on any atom is -0.370 e. The van der Waals surface area contributed by atoms with Gasteiger partial charge in [-0.1, -0.05) is 36.4 Å². The fourth-order valence-electron chi connectivity index (χ4n) is 3.24. The Hall–Kier alpha value is -3.44. The van der Waals surface area contributed by atoms with E-state index >= 15 is 0 Å². The summed E-state index contributed by atoms with van der Waals surface area (Å²) < 4.78 is 0. The number of nitrogens with zero attached hydrogens (tertiary/aromatic N) is 2. The summed E-state index contributed by atoms with van der Waals surface area (Å²) in [6, 6.07) is 10.3. The van der Waals surface area contributed by atoms with Crippen molar-refractivity contribution in [1.29, 1.82) is 0 Å². The molecule has 0 saturated heterocycles. The summed E-state index contributed by atoms with van der Waals surface area (Å²) in [5, 5.41) is 7.33. The van der Waals surface area contributed by atoms with Gasteiger partial charge in [-0.25, -0.2) is 0 Å². The molecule has 0 radical (unpaired) electrons. The van der Waals surface area contributed by atoms with Gasteiger partial charge in [-0.2, -0.15) is 0 Å². The Morgan fingerprint density at radius 3 is 2.26 bits per heavy atom. The van der Waals surface area contributed by atoms with Gasteiger partial charge in [0.05, 0.1) is 6.04 Å². The van der Waals surface area contributed by atoms with Gasteiger partial charge in [0.1, 0.15) is 12.1 Å². The molecular formula is C24H35N7O3S. The Balaban J connectivity index is 2.02. The molecule has 1 aromatic heterocycles. The first kappa shape index (κ1) is 27.8. The normalized spacial score (nSPS) is 14.0. The highest BCUT2D eigenvalue weighted by atomic mass is 32.1. The van der Waals surface area contributed by atoms with Crippen molar-refractivity contribution in [3.63, 3.8) is 0 Å². The van der Waals surface area contributed by atoms with Crippen LogP contribution >= 0.6 is 11.3 Å². The van der Waals surface area contributed by atoms with Crippen molar-refractivity contribution >= 4 is 35.0 Å². The molecule has 0 unspecified atom stereocenters. The van der Waals surface area contributed by atoms with E-state index in [0.29, 0.717) is 25.3 Å². The molecule has 190 valence electrons. The summed E-state index contributed by atoms with van der Waals surface area (Å²) in [7, 11) is 3.58. The summed E-state index contributed by atoms with van der Waals surface area (Å²) in [6.07, 6.45) is 1.45. The predicted octanol–water partition coefficient (Wildman–Crippen LogP) is -0.0280. The number of aliphatic imine (C=N–C) groups is 1. The Bertz CT molecular complexity index is 980. The highest BCUT2D eigenvalue weighted by Gasteiger charge is 2.28. The Morgan fingerprint density at radius 1 is 0.971 bits per heavy atom. The minimum atomic E-state index is -0.915. The largest absolute Gasteiger partial charge is 0.370 e. The molecule has 0 aliphatic carbocycles. The summed E-state index contributed by atoms with van der Waals surface area (Å²) in [5.74, 6) is -1.21. The molecule has 2 rings (SSSR count). The van der Waals surface area contributed by atoms with Crippen LogP contribution in [0.25, 0.3) is 0 Å². The molecule has 0 aliphatic heterocycles. The monoisotopic (exact) mass is 501 g/mol. The molecule has 10 nitrogen and oxygen atoms in total. The lowest BCUT2D eigenvalue weighted by atomic mass is 10.0. The molecule has 0 spiro atoms. The maximum atomic E-state index is 13.1. The summed E-state index contributed by atoms with van der Waals surface area (Å²) in [5.41, 5.74) is 18.2. The smallest absolute Gasteiger partial charge is 0.243 e. The first-order chi connectivity index (χ1) is 16.7. The fraction of sp³-hybridized carbons (Fsp3) is 0.417. The summed E-state index contributed by atoms with van der Waals surface area (Å²) in [4.78, 5) is 44.7. The number of hydrogen-bond donors (Lipinski definition) is 5. The molecule has 35 heavy (non-hydrogen) atoms. The first-order valence-corrected chi connectivity index (χ1v) is 12.2. The standard InChI is InChI=1S/C24H35N7O3S/c1-31(2)24(27)28-12-6-11-18(25)22(33)30-20(15-17-10-7-13-35-17)23(34)29-19(21(26)32)14-16-8-4-3-5-9-16/h3-5,7-10,13,18-20H,6,11-12,14-15,25H2,1-2H3,(H2,26,32)(H2,27,28)(H,29,34)(H,30,33)/t18-,19-,20-/m0/s1. The van der Waals surface area contributed by atoms with Crippen molar-refractivity contribution in [3.05, 3.63) is 58.3 Å². The fourth-order valence-corrected chi connectivity index (χ4v) is 3.99. The molecule has 0 aliphatic rings. The molecule has 8 N–H and O–H groups in total. The molecule has 0 fully saturated rings. The number of primary amides is 1. The topological polar surface area (TPSA) is 169 Å². The van der Waals surface area contributed by atoms with Crippen molar-refractivity contribution in [2.45, 2.75) is 43.8 Å². The molecule has 11 heteroatoms. The van der Waals surface area contributed by atoms with Crippen LogP contribution in [0, 0.1) is 0 Å². The van der Waals surface area contributed by atoms with Gasteiger partial charge in [0.15, 0.2) is 5.96 Å². The van der Waals surface area contributed by atoms with Gasteiger partial charge in [-0.05, 0) is 29.9 Å². The number of benzene rings is 1. The van der Waals surface area contributed by atoms with Crippen LogP contribution in [0.5, 0.6) is 0 Å². The Labute approximate surface area is 209 Å². The molecular weight excluding hydrogens is 466 g/mol. The number of nitrogens with two attached hydrogens (primary N) is 3. The number of carbonyl (C=O) groups is 3. The lowest BCUT2D eigenvalue weighted by Gasteiger charge is -2.23. The van der Waals surface area contributed by atoms with Crippen LogP contribution in [0.4, 0.5) is 0 Å². The third kappa shape index (κ3) is 9.75. The van der Waals surface area contributed by atoms with Gasteiger partial charge in [0, 0.05) is 38.4 Å². The summed E-state index contributed by atoms with van der Waals surface area (Å²) in [6.45, 7) is 0.434. The Kier molecular flexibility index (Phi) is 11.2. The van der Waals surface area contributed by atoms with E-state index < -0.39 is 35.8 Å². The minimum absolute atomic E-state index is 0.248. The van der Waals surface area contributed by atoms with E-state index in [2.05, 4.69) is 15.6 Å².